The van der Waals surface area contributed by atoms with Crippen LogP contribution in [0.25, 0.3) is 0 Å². The number of nitrogens with zero attached hydrogens (tertiary/aromatic N) is 3. The number of amides is 1. The first kappa shape index (κ1) is 28.7. The smallest absolute Gasteiger partial charge is 0.339 e. The summed E-state index contributed by atoms with van der Waals surface area (Å²) in [5, 5.41) is 25.2. The summed E-state index contributed by atoms with van der Waals surface area (Å²) < 4.78 is 20.9. The van der Waals surface area contributed by atoms with E-state index >= 15 is 0 Å². The fourth-order valence-electron chi connectivity index (χ4n) is 4.72. The van der Waals surface area contributed by atoms with Crippen molar-refractivity contribution < 1.29 is 23.8 Å². The van der Waals surface area contributed by atoms with Gasteiger partial charge in [0, 0.05) is 44.0 Å². The number of hydrogen-bond donors (Lipinski definition) is 3. The molecule has 1 amide bonds. The van der Waals surface area contributed by atoms with Gasteiger partial charge >= 0.3 is 5.97 Å². The Kier molecular flexibility index (Phi) is 8.77. The van der Waals surface area contributed by atoms with Gasteiger partial charge in [-0.1, -0.05) is 12.1 Å². The van der Waals surface area contributed by atoms with Crippen LogP contribution in [0.15, 0.2) is 42.6 Å². The largest absolute Gasteiger partial charge is 0.483 e. The van der Waals surface area contributed by atoms with Crippen molar-refractivity contribution >= 4 is 17.7 Å². The Morgan fingerprint density at radius 3 is 2.62 bits per heavy atom. The molecule has 208 valence electrons. The predicted molar refractivity (Wildman–Crippen MR) is 148 cm³/mol. The molecule has 0 saturated carbocycles. The first-order chi connectivity index (χ1) is 19.0. The number of carboxylic acids is 1. The number of carboxylic acid groups (broad SMARTS) is 1. The molecule has 2 atom stereocenters. The monoisotopic (exact) mass is 545 g/mol. The second-order valence-corrected chi connectivity index (χ2v) is 10.2. The molecule has 1 saturated heterocycles. The molecule has 40 heavy (non-hydrogen) atoms. The fraction of sp³-hybridized carbons (Fsp3) is 0.333. The van der Waals surface area contributed by atoms with Gasteiger partial charge in [0.25, 0.3) is 5.91 Å². The van der Waals surface area contributed by atoms with Crippen molar-refractivity contribution in [3.8, 4) is 11.8 Å². The maximum atomic E-state index is 14.5. The lowest BCUT2D eigenvalue weighted by atomic mass is 10.0. The molecular weight excluding hydrogens is 513 g/mol. The second-order valence-electron chi connectivity index (χ2n) is 10.2. The van der Waals surface area contributed by atoms with Crippen molar-refractivity contribution in [3.05, 3.63) is 87.4 Å². The predicted octanol–water partition coefficient (Wildman–Crippen LogP) is 4.38. The van der Waals surface area contributed by atoms with E-state index in [2.05, 4.69) is 27.4 Å². The Hall–Kier alpha value is -4.33. The molecule has 10 heteroatoms. The lowest BCUT2D eigenvalue weighted by Gasteiger charge is -2.34. The van der Waals surface area contributed by atoms with Gasteiger partial charge in [0.15, 0.2) is 0 Å². The molecular formula is C30H32FN5O4. The number of aromatic nitrogens is 1. The van der Waals surface area contributed by atoms with Gasteiger partial charge in [-0.05, 0) is 74.2 Å². The van der Waals surface area contributed by atoms with Crippen LogP contribution in [0.5, 0.6) is 5.75 Å². The van der Waals surface area contributed by atoms with Crippen molar-refractivity contribution in [1.29, 1.82) is 5.26 Å². The van der Waals surface area contributed by atoms with E-state index in [1.54, 1.807) is 39.0 Å². The zero-order chi connectivity index (χ0) is 29.0. The highest BCUT2D eigenvalue weighted by Crippen LogP contribution is 2.31. The van der Waals surface area contributed by atoms with Gasteiger partial charge in [0.05, 0.1) is 5.56 Å². The summed E-state index contributed by atoms with van der Waals surface area (Å²) in [5.41, 5.74) is 2.50. The minimum Gasteiger partial charge on any atom is -0.483 e. The highest BCUT2D eigenvalue weighted by molar-refractivity contribution is 6.07. The van der Waals surface area contributed by atoms with Crippen LogP contribution in [-0.4, -0.2) is 59.1 Å². The minimum absolute atomic E-state index is 0.0865. The molecule has 1 aliphatic rings. The maximum Gasteiger partial charge on any atom is 0.339 e. The van der Waals surface area contributed by atoms with Gasteiger partial charge in [-0.15, -0.1) is 0 Å². The zero-order valence-electron chi connectivity index (χ0n) is 22.9. The second kappa shape index (κ2) is 12.2. The number of nitrogens with one attached hydrogen (secondary N) is 2. The molecule has 0 bridgehead atoms. The summed E-state index contributed by atoms with van der Waals surface area (Å²) in [6.07, 6.45) is 0.700. The quantitative estimate of drug-likeness (QED) is 0.381. The number of halogens is 1. The van der Waals surface area contributed by atoms with E-state index in [9.17, 15) is 19.1 Å². The Bertz CT molecular complexity index is 1490. The van der Waals surface area contributed by atoms with Crippen LogP contribution in [0.2, 0.25) is 0 Å². The van der Waals surface area contributed by atoms with E-state index in [0.717, 1.165) is 19.6 Å². The van der Waals surface area contributed by atoms with E-state index in [-0.39, 0.29) is 34.6 Å². The number of ether oxygens (including phenoxy) is 1. The third-order valence-corrected chi connectivity index (χ3v) is 6.95. The van der Waals surface area contributed by atoms with Gasteiger partial charge in [0.1, 0.15) is 35.1 Å². The van der Waals surface area contributed by atoms with E-state index in [0.29, 0.717) is 34.4 Å². The number of carbonyl (C=O) groups excluding carboxylic acids is 1. The van der Waals surface area contributed by atoms with Gasteiger partial charge in [0.2, 0.25) is 0 Å². The Morgan fingerprint density at radius 2 is 1.98 bits per heavy atom. The molecule has 0 unspecified atom stereocenters. The topological polar surface area (TPSA) is 128 Å². The molecule has 1 aliphatic heterocycles. The first-order valence-electron chi connectivity index (χ1n) is 13.0. The summed E-state index contributed by atoms with van der Waals surface area (Å²) in [6, 6.07) is 11.6. The van der Waals surface area contributed by atoms with Crippen LogP contribution in [0, 0.1) is 37.9 Å². The molecule has 1 aromatic heterocycles. The summed E-state index contributed by atoms with van der Waals surface area (Å²) in [7, 11) is 0. The Morgan fingerprint density at radius 1 is 1.20 bits per heavy atom. The van der Waals surface area contributed by atoms with Crippen molar-refractivity contribution in [2.45, 2.75) is 39.8 Å². The van der Waals surface area contributed by atoms with E-state index in [4.69, 9.17) is 10.00 Å². The molecule has 3 aromatic rings. The van der Waals surface area contributed by atoms with Gasteiger partial charge < -0.3 is 20.5 Å². The molecule has 4 rings (SSSR count). The third kappa shape index (κ3) is 6.62. The van der Waals surface area contributed by atoms with Crippen molar-refractivity contribution in [2.75, 3.05) is 31.5 Å². The molecule has 0 spiro atoms. The van der Waals surface area contributed by atoms with Gasteiger partial charge in [-0.25, -0.2) is 14.2 Å². The van der Waals surface area contributed by atoms with Crippen LogP contribution in [0.3, 0.4) is 0 Å². The van der Waals surface area contributed by atoms with Crippen LogP contribution in [-0.2, 0) is 0 Å². The number of hydrogen-bond acceptors (Lipinski definition) is 7. The number of aromatic carboxylic acids is 1. The number of aryl methyl sites for hydroxylation is 3. The van der Waals surface area contributed by atoms with Crippen LogP contribution >= 0.6 is 0 Å². The summed E-state index contributed by atoms with van der Waals surface area (Å²) in [5.74, 6) is -1.82. The van der Waals surface area contributed by atoms with E-state index in [1.807, 2.05) is 6.07 Å². The summed E-state index contributed by atoms with van der Waals surface area (Å²) in [6.45, 7) is 9.92. The lowest BCUT2D eigenvalue weighted by Crippen LogP contribution is -2.50. The summed E-state index contributed by atoms with van der Waals surface area (Å²) >= 11 is 0. The highest BCUT2D eigenvalue weighted by atomic mass is 19.1. The van der Waals surface area contributed by atoms with Crippen molar-refractivity contribution in [2.24, 2.45) is 0 Å². The highest BCUT2D eigenvalue weighted by Gasteiger charge is 2.26. The van der Waals surface area contributed by atoms with Crippen LogP contribution in [0.4, 0.5) is 10.2 Å². The molecule has 2 aromatic carbocycles. The number of carbonyl (C=O) groups is 2. The average Bonchev–Trinajstić information content (AvgIpc) is 2.90. The minimum atomic E-state index is -1.26. The van der Waals surface area contributed by atoms with Crippen molar-refractivity contribution in [3.63, 3.8) is 0 Å². The van der Waals surface area contributed by atoms with E-state index < -0.39 is 18.0 Å². The SMILES string of the molecule is Cc1ccc([C@@H](CN2CCN[C@H](C)C2)Oc2cc(C)c(C(=O)Nc3ncc(C#N)cc3C)cc2C(=O)O)cc1F. The first-order valence-corrected chi connectivity index (χ1v) is 13.0. The standard InChI is InChI=1S/C30H32FN5O4/c1-17-5-6-22(11-25(17)31)27(16-36-8-7-33-20(4)15-36)40-26-10-18(2)23(12-24(26)30(38)39)29(37)35-28-19(3)9-21(13-32)14-34-28/h5-6,9-12,14,20,27,33H,7-8,15-16H2,1-4H3,(H,38,39)(H,34,35,37)/t20-,27-/m1/s1. The number of anilines is 1. The number of piperazine rings is 1. The van der Waals surface area contributed by atoms with Gasteiger partial charge in [-0.3, -0.25) is 9.69 Å². The lowest BCUT2D eigenvalue weighted by molar-refractivity contribution is 0.0682. The number of pyridine rings is 1. The molecule has 2 heterocycles. The van der Waals surface area contributed by atoms with Crippen LogP contribution in [0.1, 0.15) is 61.6 Å². The normalized spacial score (nSPS) is 16.1. The Labute approximate surface area is 232 Å². The molecule has 0 aliphatic carbocycles. The number of rotatable bonds is 8. The molecule has 0 radical (unpaired) electrons. The van der Waals surface area contributed by atoms with Crippen LogP contribution < -0.4 is 15.4 Å². The number of benzene rings is 2. The summed E-state index contributed by atoms with van der Waals surface area (Å²) in [4.78, 5) is 31.8. The van der Waals surface area contributed by atoms with Gasteiger partial charge in [-0.2, -0.15) is 5.26 Å². The average molecular weight is 546 g/mol. The molecule has 9 nitrogen and oxygen atoms in total. The fourth-order valence-corrected chi connectivity index (χ4v) is 4.72. The molecule has 1 fully saturated rings. The molecule has 3 N–H and O–H groups in total. The van der Waals surface area contributed by atoms with Crippen molar-refractivity contribution in [1.82, 2.24) is 15.2 Å². The number of nitriles is 1. The third-order valence-electron chi connectivity index (χ3n) is 6.95. The maximum absolute atomic E-state index is 14.5. The Balaban J connectivity index is 1.66. The zero-order valence-corrected chi connectivity index (χ0v) is 22.9. The van der Waals surface area contributed by atoms with E-state index in [1.165, 1.54) is 24.4 Å².